The molecule has 0 heterocycles. The summed E-state index contributed by atoms with van der Waals surface area (Å²) in [5, 5.41) is 9.95. The zero-order valence-electron chi connectivity index (χ0n) is 12.3. The van der Waals surface area contributed by atoms with Crippen molar-refractivity contribution in [3.05, 3.63) is 64.2 Å². The van der Waals surface area contributed by atoms with E-state index in [0.29, 0.717) is 18.1 Å². The summed E-state index contributed by atoms with van der Waals surface area (Å²) in [4.78, 5) is 0. The molecule has 2 rings (SSSR count). The molecule has 0 aliphatic heterocycles. The van der Waals surface area contributed by atoms with Crippen LogP contribution < -0.4 is 4.74 Å². The number of hydrogen-bond donors (Lipinski definition) is 0. The van der Waals surface area contributed by atoms with Gasteiger partial charge in [-0.3, -0.25) is 0 Å². The fourth-order valence-corrected chi connectivity index (χ4v) is 2.33. The Hall–Kier alpha value is -1.98. The molecule has 0 fully saturated rings. The first kappa shape index (κ1) is 15.4. The third kappa shape index (κ3) is 4.24. The number of benzene rings is 2. The van der Waals surface area contributed by atoms with E-state index in [1.165, 1.54) is 11.1 Å². The minimum atomic E-state index is -0.199. The van der Waals surface area contributed by atoms with Crippen molar-refractivity contribution in [1.82, 2.24) is 0 Å². The molecule has 0 aliphatic carbocycles. The third-order valence-electron chi connectivity index (χ3n) is 3.56. The standard InChI is InChI=1S/C18H18ClNO/c1-13-6-7-18(10-14(13)2)21-9-8-16(12-20)15-4-3-5-17(19)11-15/h3-7,10-11,16H,8-9H2,1-2H3. The van der Waals surface area contributed by atoms with E-state index < -0.39 is 0 Å². The molecular weight excluding hydrogens is 282 g/mol. The lowest BCUT2D eigenvalue weighted by Gasteiger charge is -2.12. The monoisotopic (exact) mass is 299 g/mol. The van der Waals surface area contributed by atoms with Crippen molar-refractivity contribution in [3.8, 4) is 11.8 Å². The Morgan fingerprint density at radius 2 is 1.95 bits per heavy atom. The number of nitrogens with zero attached hydrogens (tertiary/aromatic N) is 1. The minimum Gasteiger partial charge on any atom is -0.494 e. The number of hydrogen-bond acceptors (Lipinski definition) is 2. The second-order valence-corrected chi connectivity index (χ2v) is 5.56. The van der Waals surface area contributed by atoms with Gasteiger partial charge in [0, 0.05) is 11.4 Å². The normalized spacial score (nSPS) is 11.7. The van der Waals surface area contributed by atoms with Crippen LogP contribution in [0, 0.1) is 25.2 Å². The fraction of sp³-hybridized carbons (Fsp3) is 0.278. The van der Waals surface area contributed by atoms with Crippen molar-refractivity contribution in [2.75, 3.05) is 6.61 Å². The van der Waals surface area contributed by atoms with E-state index in [2.05, 4.69) is 19.9 Å². The summed E-state index contributed by atoms with van der Waals surface area (Å²) < 4.78 is 5.74. The van der Waals surface area contributed by atoms with E-state index in [1.807, 2.05) is 42.5 Å². The molecule has 1 atom stereocenters. The lowest BCUT2D eigenvalue weighted by atomic mass is 9.98. The summed E-state index contributed by atoms with van der Waals surface area (Å²) in [6.07, 6.45) is 0.643. The summed E-state index contributed by atoms with van der Waals surface area (Å²) in [6, 6.07) is 15.8. The molecule has 2 aromatic rings. The smallest absolute Gasteiger partial charge is 0.119 e. The third-order valence-corrected chi connectivity index (χ3v) is 3.80. The van der Waals surface area contributed by atoms with E-state index in [9.17, 15) is 5.26 Å². The van der Waals surface area contributed by atoms with Crippen LogP contribution in [0.25, 0.3) is 0 Å². The number of rotatable bonds is 5. The first-order valence-corrected chi connectivity index (χ1v) is 7.33. The highest BCUT2D eigenvalue weighted by Gasteiger charge is 2.11. The average molecular weight is 300 g/mol. The topological polar surface area (TPSA) is 33.0 Å². The number of halogens is 1. The second kappa shape index (κ2) is 7.15. The van der Waals surface area contributed by atoms with Crippen LogP contribution in [0.15, 0.2) is 42.5 Å². The van der Waals surface area contributed by atoms with Gasteiger partial charge in [-0.1, -0.05) is 29.8 Å². The molecule has 0 aliphatic rings. The van der Waals surface area contributed by atoms with Gasteiger partial charge in [0.05, 0.1) is 18.6 Å². The first-order chi connectivity index (χ1) is 10.1. The maximum absolute atomic E-state index is 9.30. The largest absolute Gasteiger partial charge is 0.494 e. The summed E-state index contributed by atoms with van der Waals surface area (Å²) in [5.41, 5.74) is 3.39. The highest BCUT2D eigenvalue weighted by Crippen LogP contribution is 2.23. The van der Waals surface area contributed by atoms with Gasteiger partial charge < -0.3 is 4.74 Å². The molecule has 0 radical (unpaired) electrons. The number of aryl methyl sites for hydroxylation is 2. The zero-order valence-corrected chi connectivity index (χ0v) is 13.0. The quantitative estimate of drug-likeness (QED) is 0.775. The van der Waals surface area contributed by atoms with Gasteiger partial charge in [0.15, 0.2) is 0 Å². The summed E-state index contributed by atoms with van der Waals surface area (Å²) in [6.45, 7) is 4.64. The van der Waals surface area contributed by atoms with E-state index in [-0.39, 0.29) is 5.92 Å². The van der Waals surface area contributed by atoms with Gasteiger partial charge in [-0.15, -0.1) is 0 Å². The Balaban J connectivity index is 1.95. The van der Waals surface area contributed by atoms with Crippen LogP contribution in [0.2, 0.25) is 5.02 Å². The first-order valence-electron chi connectivity index (χ1n) is 6.95. The molecule has 0 aromatic heterocycles. The molecule has 1 unspecified atom stereocenters. The van der Waals surface area contributed by atoms with Gasteiger partial charge in [0.1, 0.15) is 5.75 Å². The molecule has 0 spiro atoms. The Morgan fingerprint density at radius 3 is 2.62 bits per heavy atom. The maximum atomic E-state index is 9.30. The zero-order chi connectivity index (χ0) is 15.2. The van der Waals surface area contributed by atoms with Crippen molar-refractivity contribution in [2.24, 2.45) is 0 Å². The van der Waals surface area contributed by atoms with Crippen molar-refractivity contribution < 1.29 is 4.74 Å². The molecule has 0 bridgehead atoms. The Kier molecular flexibility index (Phi) is 5.25. The highest BCUT2D eigenvalue weighted by atomic mass is 35.5. The molecule has 2 aromatic carbocycles. The van der Waals surface area contributed by atoms with Crippen LogP contribution in [0.4, 0.5) is 0 Å². The Bertz CT molecular complexity index is 661. The molecule has 0 saturated carbocycles. The second-order valence-electron chi connectivity index (χ2n) is 5.12. The van der Waals surface area contributed by atoms with Gasteiger partial charge in [-0.2, -0.15) is 5.26 Å². The van der Waals surface area contributed by atoms with Gasteiger partial charge in [-0.05, 0) is 54.8 Å². The predicted octanol–water partition coefficient (Wildman–Crippen LogP) is 5.03. The van der Waals surface area contributed by atoms with Crippen LogP contribution in [0.5, 0.6) is 5.75 Å². The van der Waals surface area contributed by atoms with E-state index >= 15 is 0 Å². The molecule has 0 N–H and O–H groups in total. The number of ether oxygens (including phenoxy) is 1. The summed E-state index contributed by atoms with van der Waals surface area (Å²) >= 11 is 5.97. The maximum Gasteiger partial charge on any atom is 0.119 e. The van der Waals surface area contributed by atoms with Crippen molar-refractivity contribution in [1.29, 1.82) is 5.26 Å². The Morgan fingerprint density at radius 1 is 1.14 bits per heavy atom. The van der Waals surface area contributed by atoms with Crippen molar-refractivity contribution in [2.45, 2.75) is 26.2 Å². The summed E-state index contributed by atoms with van der Waals surface area (Å²) in [5.74, 6) is 0.649. The lowest BCUT2D eigenvalue weighted by molar-refractivity contribution is 0.305. The van der Waals surface area contributed by atoms with E-state index in [4.69, 9.17) is 16.3 Å². The molecule has 2 nitrogen and oxygen atoms in total. The Labute approximate surface area is 130 Å². The number of nitriles is 1. The molecular formula is C18H18ClNO. The molecule has 3 heteroatoms. The van der Waals surface area contributed by atoms with Crippen LogP contribution in [-0.2, 0) is 0 Å². The highest BCUT2D eigenvalue weighted by molar-refractivity contribution is 6.30. The molecule has 21 heavy (non-hydrogen) atoms. The van der Waals surface area contributed by atoms with E-state index in [0.717, 1.165) is 11.3 Å². The molecule has 0 saturated heterocycles. The minimum absolute atomic E-state index is 0.199. The van der Waals surface area contributed by atoms with Crippen LogP contribution in [0.3, 0.4) is 0 Å². The van der Waals surface area contributed by atoms with Crippen LogP contribution in [-0.4, -0.2) is 6.61 Å². The van der Waals surface area contributed by atoms with Gasteiger partial charge in [0.25, 0.3) is 0 Å². The predicted molar refractivity (Wildman–Crippen MR) is 85.8 cm³/mol. The summed E-state index contributed by atoms with van der Waals surface area (Å²) in [7, 11) is 0. The average Bonchev–Trinajstić information content (AvgIpc) is 2.47. The van der Waals surface area contributed by atoms with Gasteiger partial charge >= 0.3 is 0 Å². The molecule has 108 valence electrons. The molecule has 0 amide bonds. The van der Waals surface area contributed by atoms with Crippen LogP contribution in [0.1, 0.15) is 29.0 Å². The fourth-order valence-electron chi connectivity index (χ4n) is 2.13. The van der Waals surface area contributed by atoms with Gasteiger partial charge in [-0.25, -0.2) is 0 Å². The lowest BCUT2D eigenvalue weighted by Crippen LogP contribution is -2.04. The van der Waals surface area contributed by atoms with Gasteiger partial charge in [0.2, 0.25) is 0 Å². The van der Waals surface area contributed by atoms with E-state index in [1.54, 1.807) is 0 Å². The van der Waals surface area contributed by atoms with Crippen LogP contribution >= 0.6 is 11.6 Å². The van der Waals surface area contributed by atoms with Crippen molar-refractivity contribution in [3.63, 3.8) is 0 Å². The van der Waals surface area contributed by atoms with Crippen molar-refractivity contribution >= 4 is 11.6 Å². The SMILES string of the molecule is Cc1ccc(OCCC(C#N)c2cccc(Cl)c2)cc1C.